The van der Waals surface area contributed by atoms with Gasteiger partial charge in [-0.1, -0.05) is 39.3 Å². The predicted octanol–water partition coefficient (Wildman–Crippen LogP) is 3.20. The molecule has 1 aliphatic rings. The summed E-state index contributed by atoms with van der Waals surface area (Å²) in [4.78, 5) is 8.48. The second kappa shape index (κ2) is 8.98. The van der Waals surface area contributed by atoms with Gasteiger partial charge in [0.25, 0.3) is 0 Å². The van der Waals surface area contributed by atoms with Crippen LogP contribution in [0.1, 0.15) is 30.1 Å². The summed E-state index contributed by atoms with van der Waals surface area (Å²) in [5, 5.41) is 10.5. The third-order valence-corrected chi connectivity index (χ3v) is 5.01. The zero-order valence-electron chi connectivity index (χ0n) is 14.4. The Morgan fingerprint density at radius 2 is 2.08 bits per heavy atom. The van der Waals surface area contributed by atoms with E-state index in [9.17, 15) is 0 Å². The Morgan fingerprint density at radius 3 is 2.68 bits per heavy atom. The van der Waals surface area contributed by atoms with Crippen LogP contribution in [0.25, 0.3) is 0 Å². The number of nitrogens with one attached hydrogen (secondary N) is 2. The number of nitrogens with zero attached hydrogens (tertiary/aromatic N) is 3. The van der Waals surface area contributed by atoms with E-state index in [4.69, 9.17) is 4.52 Å². The third kappa shape index (κ3) is 5.16. The lowest BCUT2D eigenvalue weighted by Gasteiger charge is -2.20. The van der Waals surface area contributed by atoms with Crippen molar-refractivity contribution in [2.45, 2.75) is 31.6 Å². The largest absolute Gasteiger partial charge is 0.356 e. The number of aryl methyl sites for hydroxylation is 1. The molecule has 1 aromatic carbocycles. The van der Waals surface area contributed by atoms with E-state index in [1.54, 1.807) is 7.05 Å². The van der Waals surface area contributed by atoms with Crippen LogP contribution in [-0.2, 0) is 11.8 Å². The van der Waals surface area contributed by atoms with Crippen molar-refractivity contribution in [3.63, 3.8) is 0 Å². The van der Waals surface area contributed by atoms with Crippen LogP contribution in [0.2, 0.25) is 0 Å². The van der Waals surface area contributed by atoms with Crippen molar-refractivity contribution in [2.24, 2.45) is 4.99 Å². The zero-order chi connectivity index (χ0) is 17.0. The summed E-state index contributed by atoms with van der Waals surface area (Å²) in [6.07, 6.45) is 3.07. The van der Waals surface area contributed by atoms with Crippen LogP contribution < -0.4 is 10.6 Å². The molecule has 0 amide bonds. The smallest absolute Gasteiger partial charge is 0.228 e. The average Bonchev–Trinajstić information content (AvgIpc) is 3.26. The summed E-state index contributed by atoms with van der Waals surface area (Å²) >= 11 is 3.67. The molecule has 0 saturated heterocycles. The molecule has 2 aromatic rings. The summed E-state index contributed by atoms with van der Waals surface area (Å²) in [7, 11) is 1.78. The number of rotatable bonds is 6. The van der Waals surface area contributed by atoms with Crippen LogP contribution in [0.5, 0.6) is 0 Å². The SMILES string of the molecule is CN=C(NCCc1nc(C)no1)NCC1(c2ccccc2Br)CC1.I. The maximum absolute atomic E-state index is 5.11. The molecule has 1 fully saturated rings. The Morgan fingerprint density at radius 1 is 1.32 bits per heavy atom. The lowest BCUT2D eigenvalue weighted by molar-refractivity contribution is 0.374. The Labute approximate surface area is 173 Å². The van der Waals surface area contributed by atoms with Gasteiger partial charge in [0, 0.05) is 36.4 Å². The minimum Gasteiger partial charge on any atom is -0.356 e. The van der Waals surface area contributed by atoms with Gasteiger partial charge < -0.3 is 15.2 Å². The van der Waals surface area contributed by atoms with Gasteiger partial charge >= 0.3 is 0 Å². The first-order valence-electron chi connectivity index (χ1n) is 8.12. The van der Waals surface area contributed by atoms with Gasteiger partial charge in [-0.25, -0.2) is 0 Å². The summed E-state index contributed by atoms with van der Waals surface area (Å²) in [6.45, 7) is 3.38. The highest BCUT2D eigenvalue weighted by molar-refractivity contribution is 14.0. The molecule has 6 nitrogen and oxygen atoms in total. The van der Waals surface area contributed by atoms with E-state index >= 15 is 0 Å². The summed E-state index contributed by atoms with van der Waals surface area (Å²) < 4.78 is 6.29. The van der Waals surface area contributed by atoms with Gasteiger partial charge in [0.1, 0.15) is 0 Å². The molecule has 0 atom stereocenters. The van der Waals surface area contributed by atoms with Crippen LogP contribution in [0.3, 0.4) is 0 Å². The number of aromatic nitrogens is 2. The van der Waals surface area contributed by atoms with Gasteiger partial charge in [0.15, 0.2) is 11.8 Å². The van der Waals surface area contributed by atoms with Gasteiger partial charge in [0.2, 0.25) is 5.89 Å². The predicted molar refractivity (Wildman–Crippen MR) is 113 cm³/mol. The molecule has 1 aromatic heterocycles. The Kier molecular flexibility index (Phi) is 7.24. The van der Waals surface area contributed by atoms with E-state index in [0.717, 1.165) is 12.5 Å². The number of hydrogen-bond acceptors (Lipinski definition) is 4. The first kappa shape index (κ1) is 20.2. The van der Waals surface area contributed by atoms with Crippen LogP contribution in [0.15, 0.2) is 38.3 Å². The average molecular weight is 520 g/mol. The second-order valence-corrected chi connectivity index (χ2v) is 6.95. The number of benzene rings is 1. The quantitative estimate of drug-likeness (QED) is 0.348. The van der Waals surface area contributed by atoms with Gasteiger partial charge in [0.05, 0.1) is 0 Å². The summed E-state index contributed by atoms with van der Waals surface area (Å²) in [5.41, 5.74) is 1.58. The highest BCUT2D eigenvalue weighted by Gasteiger charge is 2.45. The minimum absolute atomic E-state index is 0. The number of guanidine groups is 1. The molecule has 0 aliphatic heterocycles. The van der Waals surface area contributed by atoms with Crippen molar-refractivity contribution in [3.8, 4) is 0 Å². The lowest BCUT2D eigenvalue weighted by atomic mass is 9.96. The first-order valence-corrected chi connectivity index (χ1v) is 8.91. The minimum atomic E-state index is 0. The molecule has 8 heteroatoms. The fourth-order valence-electron chi connectivity index (χ4n) is 2.79. The zero-order valence-corrected chi connectivity index (χ0v) is 18.3. The highest BCUT2D eigenvalue weighted by atomic mass is 127. The molecular formula is C17H23BrIN5O. The normalized spacial score (nSPS) is 15.4. The Hall–Kier alpha value is -1.16. The summed E-state index contributed by atoms with van der Waals surface area (Å²) in [6, 6.07) is 8.46. The molecule has 136 valence electrons. The van der Waals surface area contributed by atoms with Gasteiger partial charge in [-0.15, -0.1) is 24.0 Å². The van der Waals surface area contributed by atoms with E-state index in [-0.39, 0.29) is 29.4 Å². The fourth-order valence-corrected chi connectivity index (χ4v) is 3.49. The molecule has 1 saturated carbocycles. The third-order valence-electron chi connectivity index (χ3n) is 4.32. The number of hydrogen-bond donors (Lipinski definition) is 2. The first-order chi connectivity index (χ1) is 11.6. The molecule has 0 radical (unpaired) electrons. The number of halogens is 2. The highest BCUT2D eigenvalue weighted by Crippen LogP contribution is 2.49. The topological polar surface area (TPSA) is 75.3 Å². The fraction of sp³-hybridized carbons (Fsp3) is 0.471. The number of aliphatic imine (C=N–C) groups is 1. The van der Waals surface area contributed by atoms with E-state index in [1.165, 1.54) is 22.9 Å². The standard InChI is InChI=1S/C17H22BrN5O.HI/c1-12-22-15(24-23-12)7-10-20-16(19-2)21-11-17(8-9-17)13-5-3-4-6-14(13)18;/h3-6H,7-11H2,1-2H3,(H2,19,20,21);1H. The molecule has 1 heterocycles. The van der Waals surface area contributed by atoms with Crippen molar-refractivity contribution in [3.05, 3.63) is 46.0 Å². The maximum atomic E-state index is 5.11. The molecule has 1 aliphatic carbocycles. The van der Waals surface area contributed by atoms with Crippen molar-refractivity contribution in [2.75, 3.05) is 20.1 Å². The van der Waals surface area contributed by atoms with Crippen LogP contribution in [0.4, 0.5) is 0 Å². The van der Waals surface area contributed by atoms with E-state index in [0.29, 0.717) is 24.7 Å². The molecule has 3 rings (SSSR count). The molecule has 0 unspecified atom stereocenters. The Balaban J connectivity index is 0.00000225. The molecule has 25 heavy (non-hydrogen) atoms. The van der Waals surface area contributed by atoms with E-state index in [1.807, 2.05) is 6.92 Å². The monoisotopic (exact) mass is 519 g/mol. The molecule has 0 bridgehead atoms. The van der Waals surface area contributed by atoms with E-state index < -0.39 is 0 Å². The second-order valence-electron chi connectivity index (χ2n) is 6.10. The maximum Gasteiger partial charge on any atom is 0.228 e. The van der Waals surface area contributed by atoms with Gasteiger partial charge in [-0.2, -0.15) is 4.98 Å². The van der Waals surface area contributed by atoms with E-state index in [2.05, 4.69) is 66.0 Å². The van der Waals surface area contributed by atoms with Crippen LogP contribution in [0, 0.1) is 6.92 Å². The van der Waals surface area contributed by atoms with Gasteiger partial charge in [-0.3, -0.25) is 4.99 Å². The molecular weight excluding hydrogens is 497 g/mol. The van der Waals surface area contributed by atoms with Crippen LogP contribution >= 0.6 is 39.9 Å². The lowest BCUT2D eigenvalue weighted by Crippen LogP contribution is -2.42. The van der Waals surface area contributed by atoms with Crippen molar-refractivity contribution in [1.82, 2.24) is 20.8 Å². The Bertz CT molecular complexity index is 729. The van der Waals surface area contributed by atoms with Crippen molar-refractivity contribution < 1.29 is 4.52 Å². The van der Waals surface area contributed by atoms with Crippen molar-refractivity contribution in [1.29, 1.82) is 0 Å². The molecule has 0 spiro atoms. The van der Waals surface area contributed by atoms with Crippen molar-refractivity contribution >= 4 is 45.9 Å². The van der Waals surface area contributed by atoms with Gasteiger partial charge in [-0.05, 0) is 31.4 Å². The summed E-state index contributed by atoms with van der Waals surface area (Å²) in [5.74, 6) is 2.10. The molecule has 2 N–H and O–H groups in total. The van der Waals surface area contributed by atoms with Crippen LogP contribution in [-0.4, -0.2) is 36.2 Å².